The zero-order valence-corrected chi connectivity index (χ0v) is 13.8. The Balaban J connectivity index is 2.26. The molecule has 0 bridgehead atoms. The number of rotatable bonds is 3. The highest BCUT2D eigenvalue weighted by Crippen LogP contribution is 2.26. The van der Waals surface area contributed by atoms with Gasteiger partial charge < -0.3 is 0 Å². The van der Waals surface area contributed by atoms with Gasteiger partial charge in [-0.25, -0.2) is 21.6 Å². The molecule has 1 aromatic rings. The van der Waals surface area contributed by atoms with Gasteiger partial charge in [-0.1, -0.05) is 23.2 Å². The lowest BCUT2D eigenvalue weighted by Crippen LogP contribution is -2.40. The summed E-state index contributed by atoms with van der Waals surface area (Å²) in [6.45, 7) is 0. The minimum absolute atomic E-state index is 0.0935. The molecule has 2 rings (SSSR count). The first kappa shape index (κ1) is 16.3. The lowest BCUT2D eigenvalue weighted by molar-refractivity contribution is 0.563. The van der Waals surface area contributed by atoms with E-state index in [0.29, 0.717) is 0 Å². The van der Waals surface area contributed by atoms with Gasteiger partial charge in [0.15, 0.2) is 9.84 Å². The van der Waals surface area contributed by atoms with Crippen molar-refractivity contribution >= 4 is 54.7 Å². The van der Waals surface area contributed by atoms with E-state index in [1.165, 1.54) is 18.2 Å². The molecule has 10 heteroatoms. The van der Waals surface area contributed by atoms with Crippen molar-refractivity contribution in [2.45, 2.75) is 16.3 Å². The minimum Gasteiger partial charge on any atom is -0.229 e. The van der Waals surface area contributed by atoms with E-state index in [1.54, 1.807) is 0 Å². The van der Waals surface area contributed by atoms with Crippen LogP contribution in [0.15, 0.2) is 23.1 Å². The highest BCUT2D eigenvalue weighted by Gasteiger charge is 2.38. The van der Waals surface area contributed by atoms with Gasteiger partial charge >= 0.3 is 0 Å². The van der Waals surface area contributed by atoms with Crippen molar-refractivity contribution in [3.8, 4) is 0 Å². The second kappa shape index (κ2) is 5.62. The van der Waals surface area contributed by atoms with E-state index < -0.39 is 31.3 Å². The molecule has 0 unspecified atom stereocenters. The fourth-order valence-corrected chi connectivity index (χ4v) is 6.22. The Morgan fingerprint density at radius 1 is 1.15 bits per heavy atom. The van der Waals surface area contributed by atoms with Gasteiger partial charge in [0.05, 0.1) is 37.9 Å². The average molecular weight is 379 g/mol. The number of halogens is 3. The third-order valence-electron chi connectivity index (χ3n) is 2.79. The Morgan fingerprint density at radius 3 is 2.30 bits per heavy atom. The van der Waals surface area contributed by atoms with Crippen LogP contribution in [0.5, 0.6) is 0 Å². The van der Waals surface area contributed by atoms with E-state index in [-0.39, 0.29) is 26.4 Å². The number of benzene rings is 1. The quantitative estimate of drug-likeness (QED) is 0.811. The summed E-state index contributed by atoms with van der Waals surface area (Å²) in [5.74, 6) is -0.565. The molecule has 0 aromatic heterocycles. The first-order valence-electron chi connectivity index (χ1n) is 5.42. The molecule has 0 spiro atoms. The topological polar surface area (TPSA) is 80.3 Å². The number of sulfonamides is 1. The van der Waals surface area contributed by atoms with Gasteiger partial charge in [0.2, 0.25) is 10.0 Å². The molecule has 1 N–H and O–H groups in total. The first-order valence-corrected chi connectivity index (χ1v) is 9.92. The number of sulfone groups is 1. The molecule has 0 aliphatic carbocycles. The largest absolute Gasteiger partial charge is 0.240 e. The molecule has 0 amide bonds. The van der Waals surface area contributed by atoms with Gasteiger partial charge in [-0.05, 0) is 18.2 Å². The normalized spacial score (nSPS) is 25.8. The maximum atomic E-state index is 12.1. The first-order chi connectivity index (χ1) is 9.11. The van der Waals surface area contributed by atoms with E-state index >= 15 is 0 Å². The van der Waals surface area contributed by atoms with E-state index in [9.17, 15) is 16.8 Å². The summed E-state index contributed by atoms with van der Waals surface area (Å²) in [6, 6.07) is 2.96. The van der Waals surface area contributed by atoms with Crippen molar-refractivity contribution in [2.24, 2.45) is 0 Å². The van der Waals surface area contributed by atoms with Gasteiger partial charge in [0, 0.05) is 0 Å². The molecule has 1 aliphatic rings. The van der Waals surface area contributed by atoms with Crippen LogP contribution in [-0.2, 0) is 19.9 Å². The molecule has 112 valence electrons. The molecule has 1 heterocycles. The summed E-state index contributed by atoms with van der Waals surface area (Å²) in [4.78, 5) is -0.0972. The Hall–Kier alpha value is -0.0500. The van der Waals surface area contributed by atoms with Crippen LogP contribution >= 0.6 is 34.8 Å². The molecule has 5 nitrogen and oxygen atoms in total. The van der Waals surface area contributed by atoms with Crippen LogP contribution in [0.4, 0.5) is 0 Å². The van der Waals surface area contributed by atoms with E-state index in [1.807, 2.05) is 0 Å². The van der Waals surface area contributed by atoms with E-state index in [0.717, 1.165) is 0 Å². The maximum Gasteiger partial charge on any atom is 0.240 e. The smallest absolute Gasteiger partial charge is 0.229 e. The highest BCUT2D eigenvalue weighted by atomic mass is 35.5. The number of alkyl halides is 1. The third kappa shape index (κ3) is 3.58. The summed E-state index contributed by atoms with van der Waals surface area (Å²) in [5, 5.41) is -0.474. The van der Waals surface area contributed by atoms with Crippen LogP contribution in [-0.4, -0.2) is 39.8 Å². The Kier molecular flexibility index (Phi) is 4.59. The number of hydrogen-bond donors (Lipinski definition) is 1. The van der Waals surface area contributed by atoms with Crippen LogP contribution in [0.3, 0.4) is 0 Å². The van der Waals surface area contributed by atoms with Gasteiger partial charge in [-0.3, -0.25) is 0 Å². The Bertz CT molecular complexity index is 733. The van der Waals surface area contributed by atoms with Gasteiger partial charge in [-0.2, -0.15) is 0 Å². The predicted molar refractivity (Wildman–Crippen MR) is 78.9 cm³/mol. The van der Waals surface area contributed by atoms with Crippen molar-refractivity contribution in [2.75, 3.05) is 11.5 Å². The van der Waals surface area contributed by atoms with Crippen molar-refractivity contribution in [1.29, 1.82) is 0 Å². The summed E-state index contributed by atoms with van der Waals surface area (Å²) >= 11 is 17.3. The van der Waals surface area contributed by atoms with E-state index in [4.69, 9.17) is 34.8 Å². The van der Waals surface area contributed by atoms with Crippen LogP contribution in [0.25, 0.3) is 0 Å². The molecular formula is C10H10Cl3NO4S2. The van der Waals surface area contributed by atoms with Crippen LogP contribution in [0.1, 0.15) is 0 Å². The van der Waals surface area contributed by atoms with Crippen LogP contribution in [0, 0.1) is 0 Å². The summed E-state index contributed by atoms with van der Waals surface area (Å²) < 4.78 is 49.4. The summed E-state index contributed by atoms with van der Waals surface area (Å²) in [5.41, 5.74) is 0. The summed E-state index contributed by atoms with van der Waals surface area (Å²) in [6.07, 6.45) is 0. The summed E-state index contributed by atoms with van der Waals surface area (Å²) in [7, 11) is -7.23. The second-order valence-corrected chi connectivity index (χ2v) is 9.64. The molecule has 20 heavy (non-hydrogen) atoms. The minimum atomic E-state index is -3.91. The highest BCUT2D eigenvalue weighted by molar-refractivity contribution is 7.92. The maximum absolute atomic E-state index is 12.1. The molecule has 1 aliphatic heterocycles. The molecule has 0 saturated carbocycles. The Labute approximate surface area is 132 Å². The SMILES string of the molecule is O=S1(=O)C[C@H](NS(=O)(=O)c2ccc(Cl)c(Cl)c2)[C@@H](Cl)C1. The molecular weight excluding hydrogens is 369 g/mol. The van der Waals surface area contributed by atoms with Crippen molar-refractivity contribution in [3.05, 3.63) is 28.2 Å². The predicted octanol–water partition coefficient (Wildman–Crippen LogP) is 1.68. The fraction of sp³-hybridized carbons (Fsp3) is 0.400. The van der Waals surface area contributed by atoms with Crippen molar-refractivity contribution < 1.29 is 16.8 Å². The Morgan fingerprint density at radius 2 is 1.80 bits per heavy atom. The lowest BCUT2D eigenvalue weighted by Gasteiger charge is -2.15. The standard InChI is InChI=1S/C10H10Cl3NO4S2/c11-7-2-1-6(3-8(7)12)20(17,18)14-10-5-19(15,16)4-9(10)13/h1-3,9-10,14H,4-5H2/t9-,10-/m0/s1. The van der Waals surface area contributed by atoms with Crippen molar-refractivity contribution in [1.82, 2.24) is 4.72 Å². The molecule has 1 fully saturated rings. The molecule has 0 radical (unpaired) electrons. The zero-order valence-electron chi connectivity index (χ0n) is 9.88. The lowest BCUT2D eigenvalue weighted by atomic mass is 10.3. The van der Waals surface area contributed by atoms with E-state index in [2.05, 4.69) is 4.72 Å². The molecule has 1 saturated heterocycles. The van der Waals surface area contributed by atoms with Gasteiger partial charge in [0.1, 0.15) is 0 Å². The average Bonchev–Trinajstić information content (AvgIpc) is 2.54. The monoisotopic (exact) mass is 377 g/mol. The van der Waals surface area contributed by atoms with Crippen molar-refractivity contribution in [3.63, 3.8) is 0 Å². The van der Waals surface area contributed by atoms with Crippen LogP contribution in [0.2, 0.25) is 10.0 Å². The van der Waals surface area contributed by atoms with Gasteiger partial charge in [-0.15, -0.1) is 11.6 Å². The third-order valence-corrected chi connectivity index (χ3v) is 7.39. The number of nitrogens with one attached hydrogen (secondary N) is 1. The molecule has 2 atom stereocenters. The molecule has 1 aromatic carbocycles. The number of hydrogen-bond acceptors (Lipinski definition) is 4. The zero-order chi connectivity index (χ0) is 15.1. The fourth-order valence-electron chi connectivity index (χ4n) is 1.82. The second-order valence-electron chi connectivity index (χ2n) is 4.40. The van der Waals surface area contributed by atoms with Gasteiger partial charge in [0.25, 0.3) is 0 Å². The van der Waals surface area contributed by atoms with Crippen LogP contribution < -0.4 is 4.72 Å².